The molecular formula is C19H26N2O3. The number of likely N-dealkylation sites (tertiary alicyclic amines) is 2. The molecule has 0 bridgehead atoms. The molecule has 5 heteroatoms. The van der Waals surface area contributed by atoms with Gasteiger partial charge in [-0.2, -0.15) is 0 Å². The molecule has 24 heavy (non-hydrogen) atoms. The van der Waals surface area contributed by atoms with Crippen molar-refractivity contribution in [3.05, 3.63) is 24.2 Å². The molecule has 1 aromatic rings. The first-order valence-electron chi connectivity index (χ1n) is 9.32. The summed E-state index contributed by atoms with van der Waals surface area (Å²) in [6, 6.07) is 3.09. The highest BCUT2D eigenvalue weighted by Gasteiger charge is 2.44. The maximum atomic E-state index is 13.1. The van der Waals surface area contributed by atoms with E-state index in [4.69, 9.17) is 4.42 Å². The van der Waals surface area contributed by atoms with Gasteiger partial charge in [-0.15, -0.1) is 0 Å². The molecular weight excluding hydrogens is 304 g/mol. The predicted octanol–water partition coefficient (Wildman–Crippen LogP) is 3.07. The van der Waals surface area contributed by atoms with E-state index in [0.29, 0.717) is 17.7 Å². The molecule has 3 heterocycles. The summed E-state index contributed by atoms with van der Waals surface area (Å²) in [7, 11) is 0. The Balaban J connectivity index is 1.45. The normalized spacial score (nSPS) is 26.2. The van der Waals surface area contributed by atoms with Crippen LogP contribution in [-0.4, -0.2) is 47.3 Å². The highest BCUT2D eigenvalue weighted by molar-refractivity contribution is 5.96. The van der Waals surface area contributed by atoms with E-state index in [1.54, 1.807) is 17.0 Å². The lowest BCUT2D eigenvalue weighted by Gasteiger charge is -2.34. The first-order valence-corrected chi connectivity index (χ1v) is 9.32. The smallest absolute Gasteiger partial charge is 0.290 e. The van der Waals surface area contributed by atoms with Crippen molar-refractivity contribution in [2.24, 2.45) is 5.41 Å². The minimum atomic E-state index is -0.304. The third-order valence-electron chi connectivity index (χ3n) is 6.19. The van der Waals surface area contributed by atoms with Gasteiger partial charge in [0, 0.05) is 19.6 Å². The Kier molecular flexibility index (Phi) is 4.10. The molecule has 130 valence electrons. The van der Waals surface area contributed by atoms with Crippen LogP contribution in [0.4, 0.5) is 0 Å². The summed E-state index contributed by atoms with van der Waals surface area (Å²) in [5.74, 6) is 0.331. The van der Waals surface area contributed by atoms with Crippen molar-refractivity contribution in [1.82, 2.24) is 9.80 Å². The lowest BCUT2D eigenvalue weighted by molar-refractivity contribution is -0.134. The molecule has 5 nitrogen and oxygen atoms in total. The van der Waals surface area contributed by atoms with Gasteiger partial charge >= 0.3 is 0 Å². The third-order valence-corrected chi connectivity index (χ3v) is 6.19. The summed E-state index contributed by atoms with van der Waals surface area (Å²) < 4.78 is 5.24. The second-order valence-electron chi connectivity index (χ2n) is 7.70. The predicted molar refractivity (Wildman–Crippen MR) is 89.5 cm³/mol. The average molecular weight is 330 g/mol. The molecule has 0 aromatic carbocycles. The second-order valence-corrected chi connectivity index (χ2v) is 7.70. The van der Waals surface area contributed by atoms with Gasteiger partial charge in [-0.1, -0.05) is 19.3 Å². The van der Waals surface area contributed by atoms with Crippen LogP contribution in [0.15, 0.2) is 22.8 Å². The molecule has 0 N–H and O–H groups in total. The summed E-state index contributed by atoms with van der Waals surface area (Å²) in [5, 5.41) is 0. The van der Waals surface area contributed by atoms with E-state index in [1.807, 2.05) is 4.90 Å². The van der Waals surface area contributed by atoms with E-state index < -0.39 is 0 Å². The van der Waals surface area contributed by atoms with Crippen LogP contribution >= 0.6 is 0 Å². The zero-order valence-corrected chi connectivity index (χ0v) is 14.2. The van der Waals surface area contributed by atoms with Crippen LogP contribution < -0.4 is 0 Å². The zero-order valence-electron chi connectivity index (χ0n) is 14.2. The third kappa shape index (κ3) is 2.74. The molecule has 1 unspecified atom stereocenters. The van der Waals surface area contributed by atoms with E-state index in [-0.39, 0.29) is 17.9 Å². The van der Waals surface area contributed by atoms with Crippen molar-refractivity contribution in [2.45, 2.75) is 57.4 Å². The molecule has 3 fully saturated rings. The monoisotopic (exact) mass is 330 g/mol. The van der Waals surface area contributed by atoms with Crippen LogP contribution in [0.2, 0.25) is 0 Å². The maximum absolute atomic E-state index is 13.1. The van der Waals surface area contributed by atoms with Crippen LogP contribution in [0.25, 0.3) is 0 Å². The van der Waals surface area contributed by atoms with E-state index in [0.717, 1.165) is 32.4 Å². The summed E-state index contributed by atoms with van der Waals surface area (Å²) in [6.45, 7) is 2.40. The van der Waals surface area contributed by atoms with Crippen LogP contribution in [-0.2, 0) is 4.79 Å². The van der Waals surface area contributed by atoms with Gasteiger partial charge in [0.25, 0.3) is 5.91 Å². The number of carbonyl (C=O) groups is 2. The lowest BCUT2D eigenvalue weighted by atomic mass is 9.73. The molecule has 2 aliphatic heterocycles. The average Bonchev–Trinajstić information content (AvgIpc) is 3.35. The Morgan fingerprint density at radius 3 is 2.67 bits per heavy atom. The number of furan rings is 1. The van der Waals surface area contributed by atoms with Gasteiger partial charge in [0.15, 0.2) is 5.76 Å². The number of hydrogen-bond donors (Lipinski definition) is 0. The molecule has 1 saturated carbocycles. The Morgan fingerprint density at radius 2 is 1.92 bits per heavy atom. The fourth-order valence-electron chi connectivity index (χ4n) is 4.85. The van der Waals surface area contributed by atoms with Crippen molar-refractivity contribution in [1.29, 1.82) is 0 Å². The number of nitrogens with zero attached hydrogens (tertiary/aromatic N) is 2. The molecule has 1 aliphatic carbocycles. The fraction of sp³-hybridized carbons (Fsp3) is 0.684. The molecule has 1 spiro atoms. The SMILES string of the molecule is O=C(C1CCCN1C(=O)c1ccco1)N1CCC2(CCCCC2)C1. The van der Waals surface area contributed by atoms with E-state index in [2.05, 4.69) is 0 Å². The van der Waals surface area contributed by atoms with Crippen LogP contribution in [0.3, 0.4) is 0 Å². The van der Waals surface area contributed by atoms with Crippen molar-refractivity contribution >= 4 is 11.8 Å². The van der Waals surface area contributed by atoms with Crippen LogP contribution in [0, 0.1) is 5.41 Å². The van der Waals surface area contributed by atoms with Gasteiger partial charge in [-0.3, -0.25) is 9.59 Å². The first kappa shape index (κ1) is 15.7. The van der Waals surface area contributed by atoms with Crippen molar-refractivity contribution in [3.8, 4) is 0 Å². The van der Waals surface area contributed by atoms with Gasteiger partial charge in [0.05, 0.1) is 6.26 Å². The highest BCUT2D eigenvalue weighted by Crippen LogP contribution is 2.44. The maximum Gasteiger partial charge on any atom is 0.290 e. The number of carbonyl (C=O) groups excluding carboxylic acids is 2. The molecule has 1 aromatic heterocycles. The number of rotatable bonds is 2. The highest BCUT2D eigenvalue weighted by atomic mass is 16.3. The van der Waals surface area contributed by atoms with Gasteiger partial charge in [-0.05, 0) is 49.7 Å². The summed E-state index contributed by atoms with van der Waals surface area (Å²) in [6.07, 6.45) is 10.8. The minimum absolute atomic E-state index is 0.148. The lowest BCUT2D eigenvalue weighted by Crippen LogP contribution is -2.47. The Morgan fingerprint density at radius 1 is 1.08 bits per heavy atom. The van der Waals surface area contributed by atoms with Crippen molar-refractivity contribution < 1.29 is 14.0 Å². The number of hydrogen-bond acceptors (Lipinski definition) is 3. The van der Waals surface area contributed by atoms with Gasteiger partial charge < -0.3 is 14.2 Å². The Bertz CT molecular complexity index is 604. The summed E-state index contributed by atoms with van der Waals surface area (Å²) in [4.78, 5) is 29.4. The standard InChI is InChI=1S/C19H26N2O3/c22-17(20-12-10-19(14-20)8-2-1-3-9-19)15-6-4-11-21(15)18(23)16-7-5-13-24-16/h5,7,13,15H,1-4,6,8-12,14H2. The van der Waals surface area contributed by atoms with Gasteiger partial charge in [-0.25, -0.2) is 0 Å². The Hall–Kier alpha value is -1.78. The quantitative estimate of drug-likeness (QED) is 0.837. The minimum Gasteiger partial charge on any atom is -0.459 e. The summed E-state index contributed by atoms with van der Waals surface area (Å²) >= 11 is 0. The molecule has 2 saturated heterocycles. The van der Waals surface area contributed by atoms with Crippen LogP contribution in [0.1, 0.15) is 61.9 Å². The first-order chi connectivity index (χ1) is 11.7. The molecule has 1 atom stereocenters. The van der Waals surface area contributed by atoms with Gasteiger partial charge in [0.1, 0.15) is 6.04 Å². The van der Waals surface area contributed by atoms with E-state index in [9.17, 15) is 9.59 Å². The van der Waals surface area contributed by atoms with Crippen molar-refractivity contribution in [3.63, 3.8) is 0 Å². The molecule has 3 aliphatic rings. The molecule has 2 amide bonds. The fourth-order valence-corrected chi connectivity index (χ4v) is 4.85. The summed E-state index contributed by atoms with van der Waals surface area (Å²) in [5.41, 5.74) is 0.363. The molecule has 4 rings (SSSR count). The zero-order chi connectivity index (χ0) is 16.6. The topological polar surface area (TPSA) is 53.8 Å². The van der Waals surface area contributed by atoms with E-state index >= 15 is 0 Å². The second kappa shape index (κ2) is 6.26. The Labute approximate surface area is 143 Å². The largest absolute Gasteiger partial charge is 0.459 e. The molecule has 0 radical (unpaired) electrons. The van der Waals surface area contributed by atoms with Crippen LogP contribution in [0.5, 0.6) is 0 Å². The van der Waals surface area contributed by atoms with E-state index in [1.165, 1.54) is 38.4 Å². The van der Waals surface area contributed by atoms with Gasteiger partial charge in [0.2, 0.25) is 5.91 Å². The van der Waals surface area contributed by atoms with Crippen molar-refractivity contribution in [2.75, 3.05) is 19.6 Å². The number of amides is 2.